The molecule has 1 aliphatic carbocycles. The van der Waals surface area contributed by atoms with Crippen molar-refractivity contribution in [2.45, 2.75) is 70.0 Å². The Morgan fingerprint density at radius 1 is 1.37 bits per heavy atom. The van der Waals surface area contributed by atoms with Gasteiger partial charge in [-0.05, 0) is 69.0 Å². The van der Waals surface area contributed by atoms with Gasteiger partial charge in [0.25, 0.3) is 0 Å². The molecule has 2 heterocycles. The first-order valence-corrected chi connectivity index (χ1v) is 8.76. The Balaban J connectivity index is 1.54. The summed E-state index contributed by atoms with van der Waals surface area (Å²) in [6, 6.07) is 4.30. The highest BCUT2D eigenvalue weighted by Crippen LogP contribution is 2.33. The van der Waals surface area contributed by atoms with E-state index in [1.54, 1.807) is 10.4 Å². The molecule has 3 heteroatoms. The second kappa shape index (κ2) is 6.38. The fourth-order valence-electron chi connectivity index (χ4n) is 3.62. The van der Waals surface area contributed by atoms with Crippen LogP contribution in [0, 0.1) is 0 Å². The minimum absolute atomic E-state index is 0.605. The van der Waals surface area contributed by atoms with E-state index < -0.39 is 0 Å². The summed E-state index contributed by atoms with van der Waals surface area (Å²) in [5, 5.41) is 9.80. The zero-order valence-corrected chi connectivity index (χ0v) is 12.8. The van der Waals surface area contributed by atoms with Gasteiger partial charge in [-0.1, -0.05) is 6.42 Å². The molecule has 2 N–H and O–H groups in total. The molecule has 1 fully saturated rings. The molecule has 0 amide bonds. The highest BCUT2D eigenvalue weighted by molar-refractivity contribution is 7.10. The molecular weight excluding hydrogens is 252 g/mol. The smallest absolute Gasteiger partial charge is 0.0333 e. The van der Waals surface area contributed by atoms with Crippen LogP contribution >= 0.6 is 11.3 Å². The first kappa shape index (κ1) is 13.6. The Hall–Kier alpha value is -0.380. The highest BCUT2D eigenvalue weighted by atomic mass is 32.1. The molecule has 1 aromatic rings. The van der Waals surface area contributed by atoms with Crippen molar-refractivity contribution >= 4 is 11.3 Å². The summed E-state index contributed by atoms with van der Waals surface area (Å²) >= 11 is 1.94. The largest absolute Gasteiger partial charge is 0.314 e. The zero-order chi connectivity index (χ0) is 13.1. The van der Waals surface area contributed by atoms with Crippen LogP contribution in [0.5, 0.6) is 0 Å². The lowest BCUT2D eigenvalue weighted by atomic mass is 9.92. The van der Waals surface area contributed by atoms with Gasteiger partial charge in [0.2, 0.25) is 0 Å². The SMILES string of the molecule is CC(CC1CCCCN1)NC1CCCc2sccc21. The second-order valence-electron chi connectivity index (χ2n) is 6.19. The quantitative estimate of drug-likeness (QED) is 0.879. The van der Waals surface area contributed by atoms with Crippen molar-refractivity contribution < 1.29 is 0 Å². The van der Waals surface area contributed by atoms with Crippen LogP contribution in [0.3, 0.4) is 0 Å². The van der Waals surface area contributed by atoms with E-state index in [4.69, 9.17) is 0 Å². The van der Waals surface area contributed by atoms with Crippen molar-refractivity contribution in [3.63, 3.8) is 0 Å². The summed E-state index contributed by atoms with van der Waals surface area (Å²) in [6.45, 7) is 3.58. The van der Waals surface area contributed by atoms with Crippen LogP contribution in [-0.4, -0.2) is 18.6 Å². The van der Waals surface area contributed by atoms with E-state index in [1.807, 2.05) is 11.3 Å². The molecule has 2 aliphatic rings. The molecule has 106 valence electrons. The third kappa shape index (κ3) is 3.39. The number of piperidine rings is 1. The molecule has 1 aliphatic heterocycles. The molecule has 1 saturated heterocycles. The van der Waals surface area contributed by atoms with Gasteiger partial charge < -0.3 is 10.6 Å². The standard InChI is InChI=1S/C16H26N2S/c1-12(11-13-5-2-3-9-17-13)18-15-6-4-7-16-14(15)8-10-19-16/h8,10,12-13,15,17-18H,2-7,9,11H2,1H3. The Morgan fingerprint density at radius 3 is 3.16 bits per heavy atom. The fraction of sp³-hybridized carbons (Fsp3) is 0.750. The van der Waals surface area contributed by atoms with Crippen molar-refractivity contribution in [3.05, 3.63) is 21.9 Å². The molecule has 0 bridgehead atoms. The zero-order valence-electron chi connectivity index (χ0n) is 12.0. The number of nitrogens with one attached hydrogen (secondary N) is 2. The number of thiophene rings is 1. The lowest BCUT2D eigenvalue weighted by Crippen LogP contribution is -2.41. The third-order valence-electron chi connectivity index (χ3n) is 4.59. The molecule has 0 spiro atoms. The average molecular weight is 278 g/mol. The van der Waals surface area contributed by atoms with Crippen LogP contribution in [-0.2, 0) is 6.42 Å². The van der Waals surface area contributed by atoms with Crippen LogP contribution in [0.2, 0.25) is 0 Å². The number of fused-ring (bicyclic) bond motifs is 1. The minimum atomic E-state index is 0.605. The molecule has 0 aromatic carbocycles. The molecule has 3 atom stereocenters. The van der Waals surface area contributed by atoms with Crippen molar-refractivity contribution in [1.82, 2.24) is 10.6 Å². The normalized spacial score (nSPS) is 28.9. The maximum absolute atomic E-state index is 3.88. The Labute approximate surface area is 121 Å². The Bertz CT molecular complexity index is 395. The van der Waals surface area contributed by atoms with E-state index in [0.717, 1.165) is 6.04 Å². The number of rotatable bonds is 4. The van der Waals surface area contributed by atoms with Gasteiger partial charge in [0, 0.05) is 23.0 Å². The predicted molar refractivity (Wildman–Crippen MR) is 82.9 cm³/mol. The first-order valence-electron chi connectivity index (χ1n) is 7.88. The molecule has 0 radical (unpaired) electrons. The number of aryl methyl sites for hydroxylation is 1. The Morgan fingerprint density at radius 2 is 2.32 bits per heavy atom. The monoisotopic (exact) mass is 278 g/mol. The van der Waals surface area contributed by atoms with Crippen LogP contribution in [0.4, 0.5) is 0 Å². The Kier molecular flexibility index (Phi) is 4.57. The molecule has 0 saturated carbocycles. The summed E-state index contributed by atoms with van der Waals surface area (Å²) in [7, 11) is 0. The van der Waals surface area contributed by atoms with Crippen molar-refractivity contribution in [1.29, 1.82) is 0 Å². The summed E-state index contributed by atoms with van der Waals surface area (Å²) in [4.78, 5) is 1.62. The van der Waals surface area contributed by atoms with E-state index in [2.05, 4.69) is 29.0 Å². The van der Waals surface area contributed by atoms with Crippen LogP contribution in [0.15, 0.2) is 11.4 Å². The second-order valence-corrected chi connectivity index (χ2v) is 7.19. The summed E-state index contributed by atoms with van der Waals surface area (Å²) in [5.74, 6) is 0. The lowest BCUT2D eigenvalue weighted by molar-refractivity contribution is 0.321. The molecule has 3 rings (SSSR count). The maximum Gasteiger partial charge on any atom is 0.0333 e. The molecular formula is C16H26N2S. The summed E-state index contributed by atoms with van der Waals surface area (Å²) < 4.78 is 0. The van der Waals surface area contributed by atoms with Gasteiger partial charge >= 0.3 is 0 Å². The lowest BCUT2D eigenvalue weighted by Gasteiger charge is -2.31. The number of hydrogen-bond acceptors (Lipinski definition) is 3. The molecule has 3 unspecified atom stereocenters. The van der Waals surface area contributed by atoms with E-state index in [1.165, 1.54) is 51.5 Å². The van der Waals surface area contributed by atoms with Crippen molar-refractivity contribution in [2.24, 2.45) is 0 Å². The van der Waals surface area contributed by atoms with Crippen molar-refractivity contribution in [2.75, 3.05) is 6.54 Å². The van der Waals surface area contributed by atoms with Gasteiger partial charge in [0.15, 0.2) is 0 Å². The van der Waals surface area contributed by atoms with E-state index in [-0.39, 0.29) is 0 Å². The first-order chi connectivity index (χ1) is 9.33. The number of hydrogen-bond donors (Lipinski definition) is 2. The van der Waals surface area contributed by atoms with Gasteiger partial charge in [-0.25, -0.2) is 0 Å². The molecule has 19 heavy (non-hydrogen) atoms. The molecule has 2 nitrogen and oxygen atoms in total. The maximum atomic E-state index is 3.88. The highest BCUT2D eigenvalue weighted by Gasteiger charge is 2.23. The van der Waals surface area contributed by atoms with Gasteiger partial charge in [-0.15, -0.1) is 11.3 Å². The van der Waals surface area contributed by atoms with Gasteiger partial charge in [0.1, 0.15) is 0 Å². The van der Waals surface area contributed by atoms with Gasteiger partial charge in [0.05, 0.1) is 0 Å². The third-order valence-corrected chi connectivity index (χ3v) is 5.58. The van der Waals surface area contributed by atoms with Gasteiger partial charge in [-0.3, -0.25) is 0 Å². The van der Waals surface area contributed by atoms with Crippen LogP contribution < -0.4 is 10.6 Å². The molecule has 1 aromatic heterocycles. The predicted octanol–water partition coefficient (Wildman–Crippen LogP) is 3.64. The van der Waals surface area contributed by atoms with Gasteiger partial charge in [-0.2, -0.15) is 0 Å². The van der Waals surface area contributed by atoms with E-state index in [0.29, 0.717) is 12.1 Å². The van der Waals surface area contributed by atoms with E-state index >= 15 is 0 Å². The van der Waals surface area contributed by atoms with Crippen LogP contribution in [0.1, 0.15) is 61.9 Å². The van der Waals surface area contributed by atoms with Crippen molar-refractivity contribution in [3.8, 4) is 0 Å². The van der Waals surface area contributed by atoms with E-state index in [9.17, 15) is 0 Å². The fourth-order valence-corrected chi connectivity index (χ4v) is 4.61. The summed E-state index contributed by atoms with van der Waals surface area (Å²) in [6.07, 6.45) is 9.35. The average Bonchev–Trinajstić information content (AvgIpc) is 2.89. The summed E-state index contributed by atoms with van der Waals surface area (Å²) in [5.41, 5.74) is 1.58. The topological polar surface area (TPSA) is 24.1 Å². The van der Waals surface area contributed by atoms with Crippen LogP contribution in [0.25, 0.3) is 0 Å². The minimum Gasteiger partial charge on any atom is -0.314 e.